The normalized spacial score (nSPS) is 12.9. The highest BCUT2D eigenvalue weighted by Crippen LogP contribution is 2.22. The Morgan fingerprint density at radius 3 is 1.13 bits per heavy atom. The molecule has 0 fully saturated rings. The van der Waals surface area contributed by atoms with Gasteiger partial charge in [0.1, 0.15) is 11.6 Å². The van der Waals surface area contributed by atoms with E-state index in [9.17, 15) is 9.50 Å². The van der Waals surface area contributed by atoms with Crippen LogP contribution in [-0.2, 0) is 51.4 Å². The van der Waals surface area contributed by atoms with Crippen LogP contribution in [0.5, 0.6) is 5.75 Å². The molecule has 552 valence electrons. The predicted octanol–water partition coefficient (Wildman–Crippen LogP) is 19.2. The fraction of sp³-hybridized carbons (Fsp3) is 0.429. The van der Waals surface area contributed by atoms with E-state index in [2.05, 4.69) is 151 Å². The van der Waals surface area contributed by atoms with Gasteiger partial charge in [-0.25, -0.2) is 4.39 Å². The Morgan fingerprint density at radius 2 is 0.720 bits per heavy atom. The molecule has 17 N–H and O–H groups in total. The van der Waals surface area contributed by atoms with Crippen LogP contribution >= 0.6 is 73.3 Å². The van der Waals surface area contributed by atoms with Crippen LogP contribution < -0.4 is 45.5 Å². The van der Waals surface area contributed by atoms with Crippen LogP contribution in [0.1, 0.15) is 163 Å². The van der Waals surface area contributed by atoms with E-state index in [-0.39, 0.29) is 42.6 Å². The summed E-state index contributed by atoms with van der Waals surface area (Å²) in [5.74, 6) is 0.259. The standard InChI is InChI=1S/C12H19NO.C11H16ClN.C11H17N.C10H14BrN.C10H14ClNO.C10H14ClN.C10H14FN.C10H14IN/c1-2-5-11(13)9-8-10-6-3-4-7-12(10)14;1-9(13-2)7-8-10-5-3-4-6-11(10)12;1-9-5-3-4-6-11(9)8-7-10(2)12;1-8(12)6-7-9-4-2-3-5-10(9)11;11-10-4-2-1-3-8(10)5-6-9(12)7-13;3*1-8(12)6-7-9-4-2-3-5-10(9)11/h3-4,6-7,11,14H,2,5,8-9,13H2,1H3;3-6,9,13H,7-8H2,1-2H3;3-6,10H,7-8,12H2,1-2H3;2-5,8H,6-7,12H2,1H3;1-4,9,13H,5-7,12H2;3*2-5,8H,6-7,12H2,1H3. The predicted molar refractivity (Wildman–Crippen MR) is 445 cm³/mol. The lowest BCUT2D eigenvalue weighted by Crippen LogP contribution is -2.24. The summed E-state index contributed by atoms with van der Waals surface area (Å²) in [5.41, 5.74) is 50.6. The Bertz CT molecular complexity index is 2980. The summed E-state index contributed by atoms with van der Waals surface area (Å²) in [7, 11) is 1.98. The van der Waals surface area contributed by atoms with Crippen LogP contribution in [0.25, 0.3) is 0 Å². The molecule has 16 heteroatoms. The van der Waals surface area contributed by atoms with Crippen molar-refractivity contribution in [3.8, 4) is 5.75 Å². The zero-order valence-electron chi connectivity index (χ0n) is 61.2. The van der Waals surface area contributed by atoms with Crippen molar-refractivity contribution in [1.82, 2.24) is 5.32 Å². The van der Waals surface area contributed by atoms with E-state index in [4.69, 9.17) is 80.0 Å². The van der Waals surface area contributed by atoms with Crippen molar-refractivity contribution in [2.24, 2.45) is 40.1 Å². The van der Waals surface area contributed by atoms with Gasteiger partial charge in [0.25, 0.3) is 0 Å². The molecule has 0 aliphatic rings. The maximum Gasteiger partial charge on any atom is 0.126 e. The first kappa shape index (κ1) is 93.2. The van der Waals surface area contributed by atoms with E-state index < -0.39 is 0 Å². The highest BCUT2D eigenvalue weighted by molar-refractivity contribution is 14.1. The highest BCUT2D eigenvalue weighted by Gasteiger charge is 2.08. The molecule has 8 atom stereocenters. The van der Waals surface area contributed by atoms with E-state index in [1.54, 1.807) is 18.2 Å². The Kier molecular flexibility index (Phi) is 53.7. The Morgan fingerprint density at radius 1 is 0.400 bits per heavy atom. The van der Waals surface area contributed by atoms with Crippen molar-refractivity contribution in [2.75, 3.05) is 13.7 Å². The van der Waals surface area contributed by atoms with Crippen molar-refractivity contribution in [3.05, 3.63) is 273 Å². The molecule has 100 heavy (non-hydrogen) atoms. The van der Waals surface area contributed by atoms with Gasteiger partial charge in [-0.3, -0.25) is 0 Å². The first-order chi connectivity index (χ1) is 47.7. The lowest BCUT2D eigenvalue weighted by molar-refractivity contribution is 0.260. The highest BCUT2D eigenvalue weighted by atomic mass is 127. The van der Waals surface area contributed by atoms with Crippen LogP contribution in [-0.4, -0.2) is 72.2 Å². The van der Waals surface area contributed by atoms with Gasteiger partial charge in [-0.15, -0.1) is 0 Å². The number of aryl methyl sites for hydroxylation is 9. The largest absolute Gasteiger partial charge is 0.508 e. The van der Waals surface area contributed by atoms with Crippen LogP contribution in [0.2, 0.25) is 15.1 Å². The Hall–Kier alpha value is -4.79. The van der Waals surface area contributed by atoms with Crippen LogP contribution in [0, 0.1) is 16.3 Å². The second-order valence-electron chi connectivity index (χ2n) is 26.0. The van der Waals surface area contributed by atoms with Gasteiger partial charge in [0, 0.05) is 71.4 Å². The molecule has 0 aliphatic heterocycles. The molecule has 0 bridgehead atoms. The SMILES string of the molecule is CC(N)CCc1ccccc1Br.CC(N)CCc1ccccc1Cl.CC(N)CCc1ccccc1F.CC(N)CCc1ccccc1I.CCCC(N)CCc1ccccc1O.CNC(C)CCc1ccccc1Cl.Cc1ccccc1CCC(C)N.NC(CO)CCc1ccccc1Cl. The zero-order valence-corrected chi connectivity index (χ0v) is 67.2. The molecule has 8 rings (SSSR count). The molecule has 0 aliphatic carbocycles. The number of para-hydroxylation sites is 1. The van der Waals surface area contributed by atoms with Gasteiger partial charge in [-0.05, 0) is 280 Å². The number of hydrogen-bond acceptors (Lipinski definition) is 10. The number of aromatic hydroxyl groups is 1. The average molecular weight is 1610 g/mol. The number of aliphatic hydroxyl groups is 1. The molecule has 0 aromatic heterocycles. The van der Waals surface area contributed by atoms with Gasteiger partial charge in [-0.2, -0.15) is 0 Å². The molecule has 0 heterocycles. The van der Waals surface area contributed by atoms with Crippen LogP contribution in [0.4, 0.5) is 4.39 Å². The molecule has 8 aromatic carbocycles. The van der Waals surface area contributed by atoms with Gasteiger partial charge >= 0.3 is 0 Å². The number of rotatable bonds is 28. The fourth-order valence-electron chi connectivity index (χ4n) is 9.54. The third-order valence-corrected chi connectivity index (χ3v) is 19.1. The van der Waals surface area contributed by atoms with E-state index in [0.717, 1.165) is 147 Å². The van der Waals surface area contributed by atoms with Gasteiger partial charge in [-0.1, -0.05) is 216 Å². The second-order valence-corrected chi connectivity index (χ2v) is 29.2. The maximum atomic E-state index is 13.0. The van der Waals surface area contributed by atoms with Crippen molar-refractivity contribution >= 4 is 73.3 Å². The van der Waals surface area contributed by atoms with E-state index in [1.807, 2.05) is 125 Å². The lowest BCUT2D eigenvalue weighted by Gasteiger charge is -2.10. The van der Waals surface area contributed by atoms with Gasteiger partial charge in [0.15, 0.2) is 0 Å². The van der Waals surface area contributed by atoms with E-state index in [1.165, 1.54) is 47.5 Å². The quantitative estimate of drug-likeness (QED) is 0.0208. The topological polar surface area (TPSA) is 235 Å². The molecular weight excluding hydrogens is 1490 g/mol. The number of phenols is 1. The van der Waals surface area contributed by atoms with Crippen LogP contribution in [0.3, 0.4) is 0 Å². The van der Waals surface area contributed by atoms with Crippen molar-refractivity contribution < 1.29 is 14.6 Å². The number of halogens is 6. The van der Waals surface area contributed by atoms with Crippen molar-refractivity contribution in [1.29, 1.82) is 0 Å². The monoisotopic (exact) mass is 1600 g/mol. The first-order valence-corrected chi connectivity index (χ1v) is 38.5. The molecule has 0 amide bonds. The lowest BCUT2D eigenvalue weighted by atomic mass is 10.0. The summed E-state index contributed by atoms with van der Waals surface area (Å²) in [5, 5.41) is 23.9. The van der Waals surface area contributed by atoms with Gasteiger partial charge < -0.3 is 55.7 Å². The number of phenolic OH excluding ortho intramolecular Hbond substituents is 1. The van der Waals surface area contributed by atoms with Gasteiger partial charge in [0.05, 0.1) is 6.61 Å². The van der Waals surface area contributed by atoms with Crippen molar-refractivity contribution in [3.63, 3.8) is 0 Å². The average Bonchev–Trinajstić information content (AvgIpc) is 1.21. The minimum Gasteiger partial charge on any atom is -0.508 e. The Labute approximate surface area is 640 Å². The summed E-state index contributed by atoms with van der Waals surface area (Å²) in [6.07, 6.45) is 17.7. The maximum absolute atomic E-state index is 13.0. The molecule has 0 radical (unpaired) electrons. The first-order valence-electron chi connectivity index (χ1n) is 35.5. The molecule has 8 unspecified atom stereocenters. The summed E-state index contributed by atoms with van der Waals surface area (Å²) in [4.78, 5) is 0. The summed E-state index contributed by atoms with van der Waals surface area (Å²) in [6.45, 7) is 16.6. The zero-order chi connectivity index (χ0) is 74.6. The number of aliphatic hydroxyl groups excluding tert-OH is 1. The Balaban J connectivity index is 0.000000572. The minimum absolute atomic E-state index is 0.0322. The summed E-state index contributed by atoms with van der Waals surface area (Å²) < 4.78 is 15.5. The third kappa shape index (κ3) is 46.7. The molecule has 8 aromatic rings. The molecule has 0 saturated heterocycles. The fourth-order valence-corrected chi connectivity index (χ4v) is 11.4. The third-order valence-electron chi connectivity index (χ3n) is 16.1. The van der Waals surface area contributed by atoms with Gasteiger partial charge in [0.2, 0.25) is 0 Å². The second kappa shape index (κ2) is 57.6. The molecular formula is C84H122BrCl3FIN8O2. The number of nitrogens with one attached hydrogen (secondary N) is 1. The molecule has 0 saturated carbocycles. The van der Waals surface area contributed by atoms with E-state index in [0.29, 0.717) is 23.9 Å². The summed E-state index contributed by atoms with van der Waals surface area (Å²) >= 11 is 23.8. The molecule has 0 spiro atoms. The number of benzene rings is 8. The number of hydrogen-bond donors (Lipinski definition) is 10. The summed E-state index contributed by atoms with van der Waals surface area (Å²) in [6, 6.07) is 65.1. The van der Waals surface area contributed by atoms with E-state index >= 15 is 0 Å². The van der Waals surface area contributed by atoms with Crippen molar-refractivity contribution in [2.45, 2.75) is 219 Å². The number of nitrogens with two attached hydrogens (primary N) is 7. The molecule has 10 nitrogen and oxygen atoms in total. The van der Waals surface area contributed by atoms with Crippen LogP contribution in [0.15, 0.2) is 199 Å². The smallest absolute Gasteiger partial charge is 0.126 e. The minimum atomic E-state index is -0.142.